The van der Waals surface area contributed by atoms with E-state index in [9.17, 15) is 4.79 Å². The van der Waals surface area contributed by atoms with Crippen LogP contribution in [0.25, 0.3) is 0 Å². The topological polar surface area (TPSA) is 37.3 Å². The Morgan fingerprint density at radius 1 is 1.33 bits per heavy atom. The van der Waals surface area contributed by atoms with Gasteiger partial charge in [0, 0.05) is 6.42 Å². The molecule has 12 heavy (non-hydrogen) atoms. The summed E-state index contributed by atoms with van der Waals surface area (Å²) in [6.07, 6.45) is 0.736. The Morgan fingerprint density at radius 2 is 1.92 bits per heavy atom. The third-order valence-corrected chi connectivity index (χ3v) is 1.61. The molecule has 0 bridgehead atoms. The van der Waals surface area contributed by atoms with Crippen LogP contribution in [0.5, 0.6) is 0 Å². The molecule has 0 saturated heterocycles. The summed E-state index contributed by atoms with van der Waals surface area (Å²) in [6.45, 7) is 0. The molecule has 0 unspecified atom stereocenters. The highest BCUT2D eigenvalue weighted by atomic mass is 16.4. The van der Waals surface area contributed by atoms with Crippen LogP contribution in [-0.2, 0) is 11.2 Å². The first-order valence-electron chi connectivity index (χ1n) is 3.74. The van der Waals surface area contributed by atoms with Gasteiger partial charge in [-0.3, -0.25) is 4.79 Å². The van der Waals surface area contributed by atoms with E-state index in [-0.39, 0.29) is 6.42 Å². The van der Waals surface area contributed by atoms with Crippen LogP contribution in [0.15, 0.2) is 24.3 Å². The predicted octanol–water partition coefficient (Wildman–Crippen LogP) is 0.498. The molecule has 2 radical (unpaired) electrons. The molecular weight excluding hydrogens is 151 g/mol. The van der Waals surface area contributed by atoms with Crippen molar-refractivity contribution in [3.8, 4) is 0 Å². The molecule has 3 heteroatoms. The van der Waals surface area contributed by atoms with Gasteiger partial charge in [0.15, 0.2) is 0 Å². The number of hydrogen-bond donors (Lipinski definition) is 1. The highest BCUT2D eigenvalue weighted by Crippen LogP contribution is 2.00. The predicted molar refractivity (Wildman–Crippen MR) is 47.8 cm³/mol. The van der Waals surface area contributed by atoms with E-state index in [1.165, 1.54) is 0 Å². The lowest BCUT2D eigenvalue weighted by Crippen LogP contribution is -2.02. The molecule has 0 saturated carbocycles. The molecule has 0 amide bonds. The van der Waals surface area contributed by atoms with Gasteiger partial charge in [0.2, 0.25) is 0 Å². The molecule has 0 spiro atoms. The Morgan fingerprint density at radius 3 is 2.42 bits per heavy atom. The second-order valence-electron chi connectivity index (χ2n) is 2.64. The lowest BCUT2D eigenvalue weighted by atomic mass is 9.94. The van der Waals surface area contributed by atoms with Gasteiger partial charge >= 0.3 is 5.97 Å². The minimum atomic E-state index is -0.771. The first-order valence-corrected chi connectivity index (χ1v) is 3.74. The Hall–Kier alpha value is -1.25. The van der Waals surface area contributed by atoms with Crippen LogP contribution in [0, 0.1) is 0 Å². The number of carboxylic acid groups (broad SMARTS) is 1. The van der Waals surface area contributed by atoms with E-state index in [0.717, 1.165) is 5.56 Å². The molecule has 1 aromatic rings. The largest absolute Gasteiger partial charge is 0.481 e. The lowest BCUT2D eigenvalue weighted by Gasteiger charge is -1.98. The lowest BCUT2D eigenvalue weighted by molar-refractivity contribution is -0.136. The molecular formula is C9H9BO2. The molecule has 0 aliphatic rings. The molecule has 0 aliphatic carbocycles. The van der Waals surface area contributed by atoms with Crippen molar-refractivity contribution in [2.45, 2.75) is 12.8 Å². The Balaban J connectivity index is 2.53. The number of rotatable bonds is 3. The summed E-state index contributed by atoms with van der Waals surface area (Å²) in [6, 6.07) is 7.24. The second kappa shape index (κ2) is 3.95. The zero-order valence-corrected chi connectivity index (χ0v) is 6.66. The number of carbonyl (C=O) groups is 1. The molecule has 0 aliphatic heterocycles. The fourth-order valence-electron chi connectivity index (χ4n) is 0.936. The molecule has 2 nitrogen and oxygen atoms in total. The van der Waals surface area contributed by atoms with Crippen molar-refractivity contribution >= 4 is 19.3 Å². The Bertz CT molecular complexity index is 266. The van der Waals surface area contributed by atoms with Gasteiger partial charge in [-0.25, -0.2) is 0 Å². The van der Waals surface area contributed by atoms with E-state index in [4.69, 9.17) is 13.0 Å². The third-order valence-electron chi connectivity index (χ3n) is 1.61. The summed E-state index contributed by atoms with van der Waals surface area (Å²) in [7, 11) is 5.47. The van der Waals surface area contributed by atoms with Crippen LogP contribution in [0.1, 0.15) is 12.0 Å². The van der Waals surface area contributed by atoms with Crippen LogP contribution in [-0.4, -0.2) is 18.9 Å². The van der Waals surface area contributed by atoms with E-state index in [2.05, 4.69) is 0 Å². The van der Waals surface area contributed by atoms with E-state index in [0.29, 0.717) is 11.9 Å². The smallest absolute Gasteiger partial charge is 0.303 e. The SMILES string of the molecule is [B]c1ccc(CCC(=O)O)cc1. The number of benzene rings is 1. The van der Waals surface area contributed by atoms with E-state index in [1.807, 2.05) is 12.1 Å². The first-order chi connectivity index (χ1) is 5.68. The maximum Gasteiger partial charge on any atom is 0.303 e. The average molecular weight is 160 g/mol. The van der Waals surface area contributed by atoms with E-state index in [1.54, 1.807) is 12.1 Å². The fraction of sp³-hybridized carbons (Fsp3) is 0.222. The average Bonchev–Trinajstić information content (AvgIpc) is 2.03. The van der Waals surface area contributed by atoms with Crippen molar-refractivity contribution in [3.63, 3.8) is 0 Å². The summed E-state index contributed by atoms with van der Waals surface area (Å²) < 4.78 is 0. The van der Waals surface area contributed by atoms with Crippen LogP contribution in [0.2, 0.25) is 0 Å². The quantitative estimate of drug-likeness (QED) is 0.653. The maximum atomic E-state index is 10.2. The van der Waals surface area contributed by atoms with Crippen molar-refractivity contribution < 1.29 is 9.90 Å². The van der Waals surface area contributed by atoms with Crippen molar-refractivity contribution in [2.24, 2.45) is 0 Å². The maximum absolute atomic E-state index is 10.2. The highest BCUT2D eigenvalue weighted by Gasteiger charge is 1.97. The zero-order chi connectivity index (χ0) is 8.97. The molecule has 60 valence electrons. The van der Waals surface area contributed by atoms with Gasteiger partial charge in [-0.1, -0.05) is 29.7 Å². The van der Waals surface area contributed by atoms with Crippen molar-refractivity contribution in [2.75, 3.05) is 0 Å². The first kappa shape index (κ1) is 8.85. The Kier molecular flexibility index (Phi) is 2.91. The van der Waals surface area contributed by atoms with Gasteiger partial charge in [-0.05, 0) is 12.0 Å². The number of aryl methyl sites for hydroxylation is 1. The van der Waals surface area contributed by atoms with Gasteiger partial charge in [-0.15, -0.1) is 0 Å². The van der Waals surface area contributed by atoms with Gasteiger partial charge < -0.3 is 5.11 Å². The molecule has 1 aromatic carbocycles. The zero-order valence-electron chi connectivity index (χ0n) is 6.66. The van der Waals surface area contributed by atoms with Crippen molar-refractivity contribution in [3.05, 3.63) is 29.8 Å². The normalized spacial score (nSPS) is 9.67. The standard InChI is InChI=1S/C9H9BO2/c10-8-4-1-7(2-5-8)3-6-9(11)12/h1-2,4-5H,3,6H2,(H,11,12). The second-order valence-corrected chi connectivity index (χ2v) is 2.64. The number of carboxylic acids is 1. The van der Waals surface area contributed by atoms with Crippen molar-refractivity contribution in [1.29, 1.82) is 0 Å². The van der Waals surface area contributed by atoms with Crippen LogP contribution in [0.4, 0.5) is 0 Å². The molecule has 1 N–H and O–H groups in total. The van der Waals surface area contributed by atoms with E-state index >= 15 is 0 Å². The highest BCUT2D eigenvalue weighted by molar-refractivity contribution is 6.32. The van der Waals surface area contributed by atoms with Gasteiger partial charge in [0.05, 0.1) is 0 Å². The monoisotopic (exact) mass is 160 g/mol. The molecule has 0 fully saturated rings. The summed E-state index contributed by atoms with van der Waals surface area (Å²) in [5.74, 6) is -0.771. The summed E-state index contributed by atoms with van der Waals surface area (Å²) in [5, 5.41) is 8.40. The molecule has 1 rings (SSSR count). The van der Waals surface area contributed by atoms with Crippen LogP contribution in [0.3, 0.4) is 0 Å². The fourth-order valence-corrected chi connectivity index (χ4v) is 0.936. The summed E-state index contributed by atoms with van der Waals surface area (Å²) in [4.78, 5) is 10.2. The van der Waals surface area contributed by atoms with Gasteiger partial charge in [0.25, 0.3) is 0 Å². The van der Waals surface area contributed by atoms with Crippen LogP contribution >= 0.6 is 0 Å². The van der Waals surface area contributed by atoms with Gasteiger partial charge in [-0.2, -0.15) is 0 Å². The summed E-state index contributed by atoms with van der Waals surface area (Å²) in [5.41, 5.74) is 1.71. The molecule has 0 aromatic heterocycles. The summed E-state index contributed by atoms with van der Waals surface area (Å²) >= 11 is 0. The van der Waals surface area contributed by atoms with Crippen molar-refractivity contribution in [1.82, 2.24) is 0 Å². The van der Waals surface area contributed by atoms with E-state index < -0.39 is 5.97 Å². The van der Waals surface area contributed by atoms with Crippen LogP contribution < -0.4 is 5.46 Å². The minimum absolute atomic E-state index is 0.171. The number of aliphatic carboxylic acids is 1. The number of hydrogen-bond acceptors (Lipinski definition) is 1. The van der Waals surface area contributed by atoms with Gasteiger partial charge in [0.1, 0.15) is 7.85 Å². The Labute approximate surface area is 72.6 Å². The minimum Gasteiger partial charge on any atom is -0.481 e. The molecule has 0 heterocycles. The third kappa shape index (κ3) is 2.78. The molecule has 0 atom stereocenters.